The fraction of sp³-hybridized carbons (Fsp3) is 0.250. The fourth-order valence-corrected chi connectivity index (χ4v) is 2.84. The Labute approximate surface area is 122 Å². The molecule has 0 heterocycles. The van der Waals surface area contributed by atoms with Gasteiger partial charge in [-0.1, -0.05) is 25.1 Å². The van der Waals surface area contributed by atoms with Crippen LogP contribution in [-0.4, -0.2) is 6.54 Å². The Morgan fingerprint density at radius 3 is 2.45 bits per heavy atom. The van der Waals surface area contributed by atoms with E-state index in [9.17, 15) is 8.78 Å². The lowest BCUT2D eigenvalue weighted by Crippen LogP contribution is -2.11. The van der Waals surface area contributed by atoms with Crippen molar-refractivity contribution < 1.29 is 8.78 Å². The first-order chi connectivity index (χ1) is 9.70. The van der Waals surface area contributed by atoms with Gasteiger partial charge in [0.15, 0.2) is 0 Å². The molecule has 0 aliphatic rings. The second-order valence-electron chi connectivity index (χ2n) is 4.42. The zero-order valence-corrected chi connectivity index (χ0v) is 12.1. The van der Waals surface area contributed by atoms with Crippen LogP contribution in [-0.2, 0) is 12.3 Å². The third-order valence-electron chi connectivity index (χ3n) is 2.92. The molecule has 0 radical (unpaired) electrons. The number of hydrogen-bond acceptors (Lipinski definition) is 2. The summed E-state index contributed by atoms with van der Waals surface area (Å²) < 4.78 is 27.1. The summed E-state index contributed by atoms with van der Waals surface area (Å²) in [5, 5.41) is 3.25. The molecule has 4 heteroatoms. The van der Waals surface area contributed by atoms with Crippen LogP contribution >= 0.6 is 11.8 Å². The van der Waals surface area contributed by atoms with Crippen LogP contribution in [0.3, 0.4) is 0 Å². The largest absolute Gasteiger partial charge is 0.313 e. The van der Waals surface area contributed by atoms with Crippen molar-refractivity contribution in [2.75, 3.05) is 6.54 Å². The topological polar surface area (TPSA) is 12.0 Å². The summed E-state index contributed by atoms with van der Waals surface area (Å²) >= 11 is 1.44. The van der Waals surface area contributed by atoms with E-state index in [1.165, 1.54) is 35.5 Å². The monoisotopic (exact) mass is 293 g/mol. The molecule has 0 atom stereocenters. The minimum Gasteiger partial charge on any atom is -0.313 e. The zero-order chi connectivity index (χ0) is 14.4. The maximum absolute atomic E-state index is 13.5. The van der Waals surface area contributed by atoms with Crippen LogP contribution in [0.15, 0.2) is 47.4 Å². The summed E-state index contributed by atoms with van der Waals surface area (Å²) in [6.07, 6.45) is 0. The van der Waals surface area contributed by atoms with Gasteiger partial charge in [-0.3, -0.25) is 0 Å². The maximum Gasteiger partial charge on any atom is 0.130 e. The molecule has 1 N–H and O–H groups in total. The van der Waals surface area contributed by atoms with E-state index in [1.54, 1.807) is 0 Å². The molecular weight excluding hydrogens is 276 g/mol. The van der Waals surface area contributed by atoms with E-state index in [4.69, 9.17) is 0 Å². The molecule has 0 spiro atoms. The normalized spacial score (nSPS) is 10.8. The molecule has 0 bridgehead atoms. The Balaban J connectivity index is 2.03. The van der Waals surface area contributed by atoms with Crippen LogP contribution in [0.25, 0.3) is 0 Å². The van der Waals surface area contributed by atoms with E-state index < -0.39 is 11.6 Å². The number of benzene rings is 2. The molecular formula is C16H17F2NS. The fourth-order valence-electron chi connectivity index (χ4n) is 1.84. The summed E-state index contributed by atoms with van der Waals surface area (Å²) in [5.41, 5.74) is 1.31. The van der Waals surface area contributed by atoms with Gasteiger partial charge < -0.3 is 5.32 Å². The Bertz CT molecular complexity index is 552. The minimum absolute atomic E-state index is 0.134. The molecule has 0 saturated carbocycles. The van der Waals surface area contributed by atoms with Crippen molar-refractivity contribution in [2.24, 2.45) is 0 Å². The smallest absolute Gasteiger partial charge is 0.130 e. The van der Waals surface area contributed by atoms with Crippen molar-refractivity contribution in [3.63, 3.8) is 0 Å². The Hall–Kier alpha value is -1.39. The predicted molar refractivity (Wildman–Crippen MR) is 79.7 cm³/mol. The van der Waals surface area contributed by atoms with Gasteiger partial charge in [-0.2, -0.15) is 0 Å². The Morgan fingerprint density at radius 1 is 1.05 bits per heavy atom. The van der Waals surface area contributed by atoms with E-state index in [0.29, 0.717) is 5.75 Å². The van der Waals surface area contributed by atoms with Gasteiger partial charge in [0.05, 0.1) is 0 Å². The van der Waals surface area contributed by atoms with Crippen LogP contribution in [0.1, 0.15) is 18.1 Å². The van der Waals surface area contributed by atoms with Gasteiger partial charge in [0, 0.05) is 22.8 Å². The van der Waals surface area contributed by atoms with Crippen molar-refractivity contribution in [3.8, 4) is 0 Å². The lowest BCUT2D eigenvalue weighted by Gasteiger charge is -2.07. The molecule has 2 rings (SSSR count). The summed E-state index contributed by atoms with van der Waals surface area (Å²) in [4.78, 5) is 1.02. The second kappa shape index (κ2) is 7.41. The molecule has 20 heavy (non-hydrogen) atoms. The summed E-state index contributed by atoms with van der Waals surface area (Å²) in [6, 6.07) is 12.0. The number of rotatable bonds is 6. The van der Waals surface area contributed by atoms with E-state index in [0.717, 1.165) is 18.0 Å². The quantitative estimate of drug-likeness (QED) is 0.794. The molecule has 0 saturated heterocycles. The third kappa shape index (κ3) is 4.05. The molecule has 0 aromatic heterocycles. The average molecular weight is 293 g/mol. The van der Waals surface area contributed by atoms with E-state index in [1.807, 2.05) is 24.3 Å². The molecule has 0 amide bonds. The van der Waals surface area contributed by atoms with Crippen molar-refractivity contribution in [1.29, 1.82) is 0 Å². The molecule has 0 fully saturated rings. The summed E-state index contributed by atoms with van der Waals surface area (Å²) in [6.45, 7) is 3.77. The van der Waals surface area contributed by atoms with Gasteiger partial charge in [-0.25, -0.2) is 8.78 Å². The zero-order valence-electron chi connectivity index (χ0n) is 11.3. The van der Waals surface area contributed by atoms with Crippen LogP contribution < -0.4 is 5.32 Å². The van der Waals surface area contributed by atoms with Crippen LogP contribution in [0, 0.1) is 11.6 Å². The van der Waals surface area contributed by atoms with E-state index in [-0.39, 0.29) is 5.56 Å². The highest BCUT2D eigenvalue weighted by Crippen LogP contribution is 2.26. The van der Waals surface area contributed by atoms with Gasteiger partial charge in [0.25, 0.3) is 0 Å². The third-order valence-corrected chi connectivity index (χ3v) is 3.94. The predicted octanol–water partition coefficient (Wildman–Crippen LogP) is 4.37. The minimum atomic E-state index is -0.485. The molecule has 106 valence electrons. The summed E-state index contributed by atoms with van der Waals surface area (Å²) in [7, 11) is 0. The van der Waals surface area contributed by atoms with Crippen molar-refractivity contribution in [1.82, 2.24) is 5.32 Å². The van der Waals surface area contributed by atoms with Gasteiger partial charge in [-0.15, -0.1) is 11.8 Å². The van der Waals surface area contributed by atoms with E-state index in [2.05, 4.69) is 12.2 Å². The van der Waals surface area contributed by atoms with E-state index >= 15 is 0 Å². The van der Waals surface area contributed by atoms with Gasteiger partial charge in [0.2, 0.25) is 0 Å². The van der Waals surface area contributed by atoms with Crippen LogP contribution in [0.5, 0.6) is 0 Å². The van der Waals surface area contributed by atoms with Gasteiger partial charge in [0.1, 0.15) is 11.6 Å². The van der Waals surface area contributed by atoms with Crippen molar-refractivity contribution in [2.45, 2.75) is 24.1 Å². The number of nitrogens with one attached hydrogen (secondary N) is 1. The molecule has 0 aliphatic heterocycles. The van der Waals surface area contributed by atoms with Gasteiger partial charge in [-0.05, 0) is 36.4 Å². The highest BCUT2D eigenvalue weighted by atomic mass is 32.2. The molecule has 0 unspecified atom stereocenters. The second-order valence-corrected chi connectivity index (χ2v) is 5.47. The standard InChI is InChI=1S/C16H17F2NS/c1-2-19-10-12-5-3-6-13(9-12)20-11-14-15(17)7-4-8-16(14)18/h3-9,19H,2,10-11H2,1H3. The molecule has 2 aromatic carbocycles. The van der Waals surface area contributed by atoms with Crippen LogP contribution in [0.4, 0.5) is 8.78 Å². The van der Waals surface area contributed by atoms with Crippen LogP contribution in [0.2, 0.25) is 0 Å². The van der Waals surface area contributed by atoms with Crippen molar-refractivity contribution >= 4 is 11.8 Å². The Kier molecular flexibility index (Phi) is 5.56. The number of hydrogen-bond donors (Lipinski definition) is 1. The van der Waals surface area contributed by atoms with Gasteiger partial charge >= 0.3 is 0 Å². The number of thioether (sulfide) groups is 1. The maximum atomic E-state index is 13.5. The molecule has 0 aliphatic carbocycles. The highest BCUT2D eigenvalue weighted by Gasteiger charge is 2.08. The SMILES string of the molecule is CCNCc1cccc(SCc2c(F)cccc2F)c1. The first kappa shape index (κ1) is 15.0. The Morgan fingerprint density at radius 2 is 1.75 bits per heavy atom. The number of halogens is 2. The lowest BCUT2D eigenvalue weighted by atomic mass is 10.2. The first-order valence-corrected chi connectivity index (χ1v) is 7.54. The molecule has 1 nitrogen and oxygen atoms in total. The first-order valence-electron chi connectivity index (χ1n) is 6.56. The molecule has 2 aromatic rings. The average Bonchev–Trinajstić information content (AvgIpc) is 2.45. The summed E-state index contributed by atoms with van der Waals surface area (Å²) in [5.74, 6) is -0.675. The lowest BCUT2D eigenvalue weighted by molar-refractivity contribution is 0.566. The van der Waals surface area contributed by atoms with Crippen molar-refractivity contribution in [3.05, 3.63) is 65.2 Å². The highest BCUT2D eigenvalue weighted by molar-refractivity contribution is 7.98.